The van der Waals surface area contributed by atoms with Crippen LogP contribution in [0.3, 0.4) is 0 Å². The maximum atomic E-state index is 15.2. The van der Waals surface area contributed by atoms with Gasteiger partial charge in [-0.25, -0.2) is 13.6 Å². The van der Waals surface area contributed by atoms with E-state index in [1.807, 2.05) is 6.07 Å². The minimum atomic E-state index is -1.21. The second-order valence-corrected chi connectivity index (χ2v) is 12.1. The highest BCUT2D eigenvalue weighted by molar-refractivity contribution is 8.17. The Morgan fingerprint density at radius 3 is 2.65 bits per heavy atom. The highest BCUT2D eigenvalue weighted by Crippen LogP contribution is 2.65. The molecule has 3 unspecified atom stereocenters. The van der Waals surface area contributed by atoms with Gasteiger partial charge in [-0.3, -0.25) is 14.8 Å². The summed E-state index contributed by atoms with van der Waals surface area (Å²) in [6.07, 6.45) is 1.61. The van der Waals surface area contributed by atoms with Gasteiger partial charge in [0.05, 0.1) is 18.7 Å². The van der Waals surface area contributed by atoms with Gasteiger partial charge < -0.3 is 9.47 Å². The minimum Gasteiger partial charge on any atom is -0.468 e. The zero-order valence-corrected chi connectivity index (χ0v) is 23.8. The standard InChI is InChI=1S/C27H25F3N4O4S2/c1-14-8-16(12-31)13-32-21(14)20(29)10-15-6-7-19(28)17(9-15)22-18-11-27(18,23(35)37-5)39-24(33-22)34(40-30)25(36)38-26(2,3)4/h6-10,13,18,22H,11H2,1-5H3/b20-10-. The largest absolute Gasteiger partial charge is 0.468 e. The van der Waals surface area contributed by atoms with Gasteiger partial charge in [-0.05, 0) is 69.5 Å². The van der Waals surface area contributed by atoms with Gasteiger partial charge in [-0.15, -0.1) is 3.89 Å². The third-order valence-corrected chi connectivity index (χ3v) is 8.31. The van der Waals surface area contributed by atoms with Crippen molar-refractivity contribution < 1.29 is 31.7 Å². The second-order valence-electron chi connectivity index (χ2n) is 10.3. The van der Waals surface area contributed by atoms with Crippen LogP contribution < -0.4 is 0 Å². The molecule has 1 aromatic heterocycles. The molecule has 0 saturated heterocycles. The van der Waals surface area contributed by atoms with Gasteiger partial charge in [0.25, 0.3) is 0 Å². The van der Waals surface area contributed by atoms with Crippen LogP contribution in [-0.4, -0.2) is 44.0 Å². The molecule has 1 aromatic carbocycles. The van der Waals surface area contributed by atoms with Gasteiger partial charge in [-0.2, -0.15) is 9.57 Å². The molecule has 0 radical (unpaired) electrons. The SMILES string of the molecule is COC(=O)C12CC1C(c1cc(/C=C(\F)c3ncc(C#N)cc3C)ccc1F)N=C(N(SF)C(=O)OC(C)(C)C)S2. The van der Waals surface area contributed by atoms with Crippen molar-refractivity contribution in [2.75, 3.05) is 7.11 Å². The molecule has 0 spiro atoms. The number of amides is 1. The van der Waals surface area contributed by atoms with Crippen molar-refractivity contribution in [1.29, 1.82) is 5.26 Å². The van der Waals surface area contributed by atoms with E-state index >= 15 is 8.78 Å². The number of esters is 1. The van der Waals surface area contributed by atoms with Crippen LogP contribution in [0.5, 0.6) is 0 Å². The fourth-order valence-electron chi connectivity index (χ4n) is 4.40. The zero-order chi connectivity index (χ0) is 29.4. The van der Waals surface area contributed by atoms with Crippen molar-refractivity contribution in [3.8, 4) is 6.07 Å². The number of nitriles is 1. The molecule has 0 N–H and O–H groups in total. The summed E-state index contributed by atoms with van der Waals surface area (Å²) in [6.45, 7) is 6.45. The van der Waals surface area contributed by atoms with Gasteiger partial charge in [0.1, 0.15) is 33.8 Å². The number of rotatable bonds is 5. The molecule has 1 aliphatic heterocycles. The van der Waals surface area contributed by atoms with E-state index in [4.69, 9.17) is 14.7 Å². The summed E-state index contributed by atoms with van der Waals surface area (Å²) >= 11 is 0.416. The summed E-state index contributed by atoms with van der Waals surface area (Å²) in [6, 6.07) is 6.33. The van der Waals surface area contributed by atoms with Gasteiger partial charge in [-0.1, -0.05) is 17.8 Å². The Morgan fingerprint density at radius 1 is 1.32 bits per heavy atom. The number of aliphatic imine (C=N–C) groups is 1. The predicted octanol–water partition coefficient (Wildman–Crippen LogP) is 6.71. The zero-order valence-electron chi connectivity index (χ0n) is 22.2. The van der Waals surface area contributed by atoms with E-state index in [-0.39, 0.29) is 34.0 Å². The normalized spacial score (nSPS) is 22.0. The van der Waals surface area contributed by atoms with Crippen LogP contribution in [0, 0.1) is 30.0 Å². The highest BCUT2D eigenvalue weighted by Gasteiger charge is 2.68. The number of nitrogens with zero attached hydrogens (tertiary/aromatic N) is 4. The molecular weight excluding hydrogens is 565 g/mol. The van der Waals surface area contributed by atoms with Crippen molar-refractivity contribution in [1.82, 2.24) is 9.29 Å². The van der Waals surface area contributed by atoms with E-state index in [2.05, 4.69) is 9.98 Å². The molecule has 1 aliphatic carbocycles. The molecule has 0 bridgehead atoms. The Bertz CT molecular complexity index is 1470. The Kier molecular flexibility index (Phi) is 8.23. The van der Waals surface area contributed by atoms with Crippen molar-refractivity contribution in [3.05, 3.63) is 64.2 Å². The topological polar surface area (TPSA) is 105 Å². The first kappa shape index (κ1) is 29.5. The van der Waals surface area contributed by atoms with Crippen molar-refractivity contribution >= 4 is 53.2 Å². The van der Waals surface area contributed by atoms with Crippen molar-refractivity contribution in [2.45, 2.75) is 50.5 Å². The number of ether oxygens (including phenoxy) is 2. The van der Waals surface area contributed by atoms with Gasteiger partial charge >= 0.3 is 12.1 Å². The molecule has 210 valence electrons. The van der Waals surface area contributed by atoms with Crippen LogP contribution in [0.4, 0.5) is 17.5 Å². The average Bonchev–Trinajstić information content (AvgIpc) is 3.64. The molecule has 13 heteroatoms. The summed E-state index contributed by atoms with van der Waals surface area (Å²) in [5.74, 6) is -2.51. The molecule has 2 heterocycles. The van der Waals surface area contributed by atoms with Crippen molar-refractivity contribution in [2.24, 2.45) is 10.9 Å². The molecule has 40 heavy (non-hydrogen) atoms. The minimum absolute atomic E-state index is 0.0270. The number of carbonyl (C=O) groups excluding carboxylic acids is 2. The van der Waals surface area contributed by atoms with Gasteiger partial charge in [0, 0.05) is 17.7 Å². The number of methoxy groups -OCH3 is 1. The monoisotopic (exact) mass is 590 g/mol. The maximum Gasteiger partial charge on any atom is 0.428 e. The Morgan fingerprint density at radius 2 is 2.05 bits per heavy atom. The van der Waals surface area contributed by atoms with Crippen LogP contribution in [-0.2, 0) is 14.3 Å². The Hall–Kier alpha value is -3.50. The fraction of sp³-hybridized carbons (Fsp3) is 0.370. The van der Waals surface area contributed by atoms with Crippen LogP contribution in [0.25, 0.3) is 11.9 Å². The van der Waals surface area contributed by atoms with Crippen molar-refractivity contribution in [3.63, 3.8) is 0 Å². The number of aromatic nitrogens is 1. The third kappa shape index (κ3) is 5.83. The first-order valence-corrected chi connectivity index (χ1v) is 13.5. The smallest absolute Gasteiger partial charge is 0.428 e. The van der Waals surface area contributed by atoms with Gasteiger partial charge in [0.15, 0.2) is 17.5 Å². The predicted molar refractivity (Wildman–Crippen MR) is 146 cm³/mol. The summed E-state index contributed by atoms with van der Waals surface area (Å²) in [7, 11) is 1.21. The number of fused-ring (bicyclic) bond motifs is 1. The number of pyridine rings is 1. The Balaban J connectivity index is 1.75. The number of halogens is 3. The Labute approximate surface area is 238 Å². The summed E-state index contributed by atoms with van der Waals surface area (Å²) in [5.41, 5.74) is 0.132. The average molecular weight is 591 g/mol. The molecule has 1 amide bonds. The first-order chi connectivity index (χ1) is 18.8. The lowest BCUT2D eigenvalue weighted by Crippen LogP contribution is -2.39. The van der Waals surface area contributed by atoms with E-state index < -0.39 is 58.3 Å². The maximum absolute atomic E-state index is 15.2. The number of amidine groups is 1. The summed E-state index contributed by atoms with van der Waals surface area (Å²) in [5, 5.41) is 8.84. The molecule has 2 aliphatic rings. The molecule has 1 fully saturated rings. The highest BCUT2D eigenvalue weighted by atomic mass is 32.2. The van der Waals surface area contributed by atoms with Crippen LogP contribution in [0.15, 0.2) is 35.5 Å². The van der Waals surface area contributed by atoms with Gasteiger partial charge in [0.2, 0.25) is 0 Å². The molecule has 3 atom stereocenters. The molecule has 1 saturated carbocycles. The van der Waals surface area contributed by atoms with E-state index in [0.717, 1.165) is 23.9 Å². The third-order valence-electron chi connectivity index (χ3n) is 6.26. The first-order valence-electron chi connectivity index (χ1n) is 12.0. The molecule has 4 rings (SSSR count). The lowest BCUT2D eigenvalue weighted by Gasteiger charge is -2.30. The van der Waals surface area contributed by atoms with E-state index in [9.17, 15) is 13.5 Å². The fourth-order valence-corrected chi connectivity index (χ4v) is 6.15. The van der Waals surface area contributed by atoms with E-state index in [1.54, 1.807) is 27.7 Å². The number of thioether (sulfide) groups is 1. The molecule has 8 nitrogen and oxygen atoms in total. The number of carbonyl (C=O) groups is 2. The number of benzene rings is 1. The van der Waals surface area contributed by atoms with E-state index in [1.165, 1.54) is 31.5 Å². The number of aryl methyl sites for hydroxylation is 1. The molecular formula is C27H25F3N4O4S2. The quantitative estimate of drug-likeness (QED) is 0.279. The lowest BCUT2D eigenvalue weighted by molar-refractivity contribution is -0.141. The van der Waals surface area contributed by atoms with Crippen LogP contribution in [0.1, 0.15) is 61.2 Å². The molecule has 2 aromatic rings. The lowest BCUT2D eigenvalue weighted by atomic mass is 9.98. The van der Waals surface area contributed by atoms with Crippen LogP contribution >= 0.6 is 24.1 Å². The van der Waals surface area contributed by atoms with E-state index in [0.29, 0.717) is 9.87 Å². The number of hydrogen-bond donors (Lipinski definition) is 0. The summed E-state index contributed by atoms with van der Waals surface area (Å²) in [4.78, 5) is 34.0. The van der Waals surface area contributed by atoms with Crippen LogP contribution in [0.2, 0.25) is 0 Å². The number of hydrogen-bond acceptors (Lipinski definition) is 9. The summed E-state index contributed by atoms with van der Waals surface area (Å²) < 4.78 is 54.0. The second kappa shape index (κ2) is 11.2.